The molecule has 0 aromatic carbocycles. The summed E-state index contributed by atoms with van der Waals surface area (Å²) in [5, 5.41) is 2.70. The SMILES string of the molecule is CNC(CC1CCCCC1)C(F)F. The highest BCUT2D eigenvalue weighted by molar-refractivity contribution is 4.75. The van der Waals surface area contributed by atoms with E-state index in [1.807, 2.05) is 0 Å². The molecule has 0 aromatic heterocycles. The van der Waals surface area contributed by atoms with E-state index in [9.17, 15) is 8.78 Å². The highest BCUT2D eigenvalue weighted by Crippen LogP contribution is 2.28. The Morgan fingerprint density at radius 3 is 2.31 bits per heavy atom. The Morgan fingerprint density at radius 1 is 1.23 bits per heavy atom. The molecule has 0 spiro atoms. The molecule has 0 heterocycles. The number of rotatable bonds is 4. The van der Waals surface area contributed by atoms with E-state index in [2.05, 4.69) is 5.32 Å². The fourth-order valence-electron chi connectivity index (χ4n) is 2.13. The van der Waals surface area contributed by atoms with Crippen LogP contribution in [0.1, 0.15) is 38.5 Å². The van der Waals surface area contributed by atoms with E-state index in [1.54, 1.807) is 7.05 Å². The second-order valence-electron chi connectivity index (χ2n) is 3.97. The van der Waals surface area contributed by atoms with Gasteiger partial charge in [-0.25, -0.2) is 8.78 Å². The molecule has 13 heavy (non-hydrogen) atoms. The topological polar surface area (TPSA) is 12.0 Å². The number of nitrogens with one attached hydrogen (secondary N) is 1. The van der Waals surface area contributed by atoms with Crippen LogP contribution in [0, 0.1) is 5.92 Å². The second kappa shape index (κ2) is 5.53. The molecule has 1 N–H and O–H groups in total. The average molecular weight is 191 g/mol. The zero-order chi connectivity index (χ0) is 9.68. The molecule has 1 saturated carbocycles. The van der Waals surface area contributed by atoms with Crippen molar-refractivity contribution in [1.82, 2.24) is 5.32 Å². The third kappa shape index (κ3) is 3.59. The van der Waals surface area contributed by atoms with E-state index in [4.69, 9.17) is 0 Å². The summed E-state index contributed by atoms with van der Waals surface area (Å²) in [5.41, 5.74) is 0. The molecule has 0 bridgehead atoms. The first kappa shape index (κ1) is 10.9. The van der Waals surface area contributed by atoms with Gasteiger partial charge in [0.2, 0.25) is 0 Å². The molecular formula is C10H19F2N. The molecular weight excluding hydrogens is 172 g/mol. The minimum Gasteiger partial charge on any atom is -0.312 e. The summed E-state index contributed by atoms with van der Waals surface area (Å²) >= 11 is 0. The Hall–Kier alpha value is -0.180. The smallest absolute Gasteiger partial charge is 0.253 e. The van der Waals surface area contributed by atoms with Gasteiger partial charge < -0.3 is 5.32 Å². The van der Waals surface area contributed by atoms with E-state index in [-0.39, 0.29) is 0 Å². The summed E-state index contributed by atoms with van der Waals surface area (Å²) in [5.74, 6) is 0.528. The number of alkyl halides is 2. The largest absolute Gasteiger partial charge is 0.312 e. The zero-order valence-corrected chi connectivity index (χ0v) is 8.23. The number of hydrogen-bond acceptors (Lipinski definition) is 1. The summed E-state index contributed by atoms with van der Waals surface area (Å²) < 4.78 is 24.8. The van der Waals surface area contributed by atoms with Crippen LogP contribution >= 0.6 is 0 Å². The summed E-state index contributed by atoms with van der Waals surface area (Å²) in [6, 6.07) is -0.594. The lowest BCUT2D eigenvalue weighted by molar-refractivity contribution is 0.0852. The monoisotopic (exact) mass is 191 g/mol. The summed E-state index contributed by atoms with van der Waals surface area (Å²) in [4.78, 5) is 0. The predicted octanol–water partition coefficient (Wildman–Crippen LogP) is 2.81. The Morgan fingerprint density at radius 2 is 1.85 bits per heavy atom. The molecule has 0 aromatic rings. The van der Waals surface area contributed by atoms with Crippen molar-refractivity contribution < 1.29 is 8.78 Å². The molecule has 0 radical (unpaired) electrons. The van der Waals surface area contributed by atoms with Crippen LogP contribution in [0.3, 0.4) is 0 Å². The van der Waals surface area contributed by atoms with Gasteiger partial charge in [-0.1, -0.05) is 32.1 Å². The van der Waals surface area contributed by atoms with E-state index < -0.39 is 12.5 Å². The van der Waals surface area contributed by atoms with Gasteiger partial charge in [-0.3, -0.25) is 0 Å². The molecule has 0 aliphatic heterocycles. The van der Waals surface area contributed by atoms with Crippen molar-refractivity contribution in [2.24, 2.45) is 5.92 Å². The minimum absolute atomic E-state index is 0.528. The van der Waals surface area contributed by atoms with E-state index >= 15 is 0 Å². The standard InChI is InChI=1S/C10H19F2N/c1-13-9(10(11)12)7-8-5-3-2-4-6-8/h8-10,13H,2-7H2,1H3. The second-order valence-corrected chi connectivity index (χ2v) is 3.97. The number of halogens is 2. The van der Waals surface area contributed by atoms with Gasteiger partial charge in [-0.05, 0) is 19.4 Å². The molecule has 1 fully saturated rings. The quantitative estimate of drug-likeness (QED) is 0.720. The summed E-state index contributed by atoms with van der Waals surface area (Å²) in [7, 11) is 1.62. The van der Waals surface area contributed by atoms with Crippen molar-refractivity contribution in [1.29, 1.82) is 0 Å². The minimum atomic E-state index is -2.22. The van der Waals surface area contributed by atoms with Crippen molar-refractivity contribution in [3.63, 3.8) is 0 Å². The molecule has 3 heteroatoms. The van der Waals surface area contributed by atoms with Gasteiger partial charge >= 0.3 is 0 Å². The van der Waals surface area contributed by atoms with Crippen molar-refractivity contribution in [2.45, 2.75) is 51.0 Å². The van der Waals surface area contributed by atoms with E-state index in [1.165, 1.54) is 19.3 Å². The predicted molar refractivity (Wildman–Crippen MR) is 50.0 cm³/mol. The maximum absolute atomic E-state index is 12.4. The highest BCUT2D eigenvalue weighted by atomic mass is 19.3. The molecule has 1 aliphatic carbocycles. The fraction of sp³-hybridized carbons (Fsp3) is 1.00. The van der Waals surface area contributed by atoms with Crippen molar-refractivity contribution in [3.8, 4) is 0 Å². The summed E-state index contributed by atoms with van der Waals surface area (Å²) in [6.07, 6.45) is 4.46. The average Bonchev–Trinajstić information content (AvgIpc) is 2.15. The molecule has 78 valence electrons. The maximum atomic E-state index is 12.4. The lowest BCUT2D eigenvalue weighted by Gasteiger charge is -2.25. The Labute approximate surface area is 78.9 Å². The Kier molecular flexibility index (Phi) is 4.64. The first-order valence-corrected chi connectivity index (χ1v) is 5.19. The van der Waals surface area contributed by atoms with Crippen LogP contribution in [0.5, 0.6) is 0 Å². The lowest BCUT2D eigenvalue weighted by atomic mass is 9.85. The molecule has 1 rings (SSSR count). The van der Waals surface area contributed by atoms with Crippen molar-refractivity contribution in [2.75, 3.05) is 7.05 Å². The third-order valence-electron chi connectivity index (χ3n) is 2.99. The molecule has 0 amide bonds. The Balaban J connectivity index is 2.27. The highest BCUT2D eigenvalue weighted by Gasteiger charge is 2.23. The van der Waals surface area contributed by atoms with Crippen LogP contribution < -0.4 is 5.32 Å². The van der Waals surface area contributed by atoms with Gasteiger partial charge in [-0.15, -0.1) is 0 Å². The molecule has 1 atom stereocenters. The van der Waals surface area contributed by atoms with Crippen LogP contribution in [0.4, 0.5) is 8.78 Å². The Bertz CT molecular complexity index is 133. The van der Waals surface area contributed by atoms with Crippen LogP contribution in [0.2, 0.25) is 0 Å². The first-order chi connectivity index (χ1) is 6.24. The maximum Gasteiger partial charge on any atom is 0.253 e. The first-order valence-electron chi connectivity index (χ1n) is 5.19. The lowest BCUT2D eigenvalue weighted by Crippen LogP contribution is -2.35. The molecule has 1 aliphatic rings. The van der Waals surface area contributed by atoms with E-state index in [0.717, 1.165) is 12.8 Å². The summed E-state index contributed by atoms with van der Waals surface area (Å²) in [6.45, 7) is 0. The van der Waals surface area contributed by atoms with Crippen molar-refractivity contribution in [3.05, 3.63) is 0 Å². The normalized spacial score (nSPS) is 22.2. The van der Waals surface area contributed by atoms with Gasteiger partial charge in [0.1, 0.15) is 0 Å². The third-order valence-corrected chi connectivity index (χ3v) is 2.99. The number of hydrogen-bond donors (Lipinski definition) is 1. The van der Waals surface area contributed by atoms with Crippen LogP contribution in [-0.4, -0.2) is 19.5 Å². The van der Waals surface area contributed by atoms with Gasteiger partial charge in [0, 0.05) is 0 Å². The van der Waals surface area contributed by atoms with E-state index in [0.29, 0.717) is 12.3 Å². The fourth-order valence-corrected chi connectivity index (χ4v) is 2.13. The van der Waals surface area contributed by atoms with Crippen molar-refractivity contribution >= 4 is 0 Å². The van der Waals surface area contributed by atoms with Crippen LogP contribution in [0.15, 0.2) is 0 Å². The van der Waals surface area contributed by atoms with Gasteiger partial charge in [0.05, 0.1) is 6.04 Å². The van der Waals surface area contributed by atoms with Gasteiger partial charge in [0.25, 0.3) is 6.43 Å². The van der Waals surface area contributed by atoms with Gasteiger partial charge in [0.15, 0.2) is 0 Å². The molecule has 1 nitrogen and oxygen atoms in total. The van der Waals surface area contributed by atoms with Gasteiger partial charge in [-0.2, -0.15) is 0 Å². The van der Waals surface area contributed by atoms with Crippen LogP contribution in [-0.2, 0) is 0 Å². The van der Waals surface area contributed by atoms with Crippen LogP contribution in [0.25, 0.3) is 0 Å². The molecule has 1 unspecified atom stereocenters. The molecule has 0 saturated heterocycles. The zero-order valence-electron chi connectivity index (χ0n) is 8.23.